The summed E-state index contributed by atoms with van der Waals surface area (Å²) in [5.74, 6) is 0. The van der Waals surface area contributed by atoms with Gasteiger partial charge in [0.2, 0.25) is 0 Å². The van der Waals surface area contributed by atoms with Gasteiger partial charge in [-0.3, -0.25) is 0 Å². The molecule has 0 saturated carbocycles. The smallest absolute Gasteiger partial charge is 0.438 e. The SMILES string of the molecule is COC(=O)O[C@@H]1CO[C@H]2[C@@H]1OC[C@@H]2O. The molecule has 2 aliphatic rings. The molecule has 6 nitrogen and oxygen atoms in total. The van der Waals surface area contributed by atoms with Gasteiger partial charge in [0.1, 0.15) is 18.3 Å². The Morgan fingerprint density at radius 1 is 1.36 bits per heavy atom. The highest BCUT2D eigenvalue weighted by Gasteiger charge is 2.49. The number of fused-ring (bicyclic) bond motifs is 1. The van der Waals surface area contributed by atoms with Crippen molar-refractivity contribution < 1.29 is 28.8 Å². The van der Waals surface area contributed by atoms with E-state index in [2.05, 4.69) is 4.74 Å². The van der Waals surface area contributed by atoms with Gasteiger partial charge in [0.25, 0.3) is 0 Å². The molecule has 2 heterocycles. The van der Waals surface area contributed by atoms with Gasteiger partial charge in [0, 0.05) is 0 Å². The Morgan fingerprint density at radius 2 is 2.07 bits per heavy atom. The number of hydrogen-bond donors (Lipinski definition) is 1. The first-order valence-corrected chi connectivity index (χ1v) is 4.38. The third-order valence-electron chi connectivity index (χ3n) is 2.40. The Balaban J connectivity index is 1.93. The topological polar surface area (TPSA) is 74.2 Å². The molecule has 2 aliphatic heterocycles. The summed E-state index contributed by atoms with van der Waals surface area (Å²) in [5, 5.41) is 9.39. The molecule has 0 unspecified atom stereocenters. The number of methoxy groups -OCH3 is 1. The van der Waals surface area contributed by atoms with Crippen LogP contribution in [0.4, 0.5) is 4.79 Å². The Hall–Kier alpha value is -0.850. The standard InChI is InChI=1S/C8H12O6/c1-11-8(10)14-5-3-13-6-4(9)2-12-7(5)6/h4-7,9H,2-3H2,1H3/t4-,5+,6+,7+/m0/s1. The molecule has 0 aromatic heterocycles. The minimum Gasteiger partial charge on any atom is -0.438 e. The van der Waals surface area contributed by atoms with Crippen molar-refractivity contribution in [2.45, 2.75) is 24.4 Å². The maximum Gasteiger partial charge on any atom is 0.508 e. The average Bonchev–Trinajstić information content (AvgIpc) is 2.72. The maximum absolute atomic E-state index is 10.8. The third-order valence-corrected chi connectivity index (χ3v) is 2.40. The number of ether oxygens (including phenoxy) is 4. The lowest BCUT2D eigenvalue weighted by Crippen LogP contribution is -2.34. The zero-order valence-corrected chi connectivity index (χ0v) is 7.71. The van der Waals surface area contributed by atoms with E-state index in [1.165, 1.54) is 7.11 Å². The largest absolute Gasteiger partial charge is 0.508 e. The summed E-state index contributed by atoms with van der Waals surface area (Å²) in [5.41, 5.74) is 0. The molecule has 2 fully saturated rings. The molecule has 4 atom stereocenters. The van der Waals surface area contributed by atoms with Crippen LogP contribution in [0.2, 0.25) is 0 Å². The van der Waals surface area contributed by atoms with E-state index in [4.69, 9.17) is 14.2 Å². The fraction of sp³-hybridized carbons (Fsp3) is 0.875. The van der Waals surface area contributed by atoms with Gasteiger partial charge in [-0.15, -0.1) is 0 Å². The van der Waals surface area contributed by atoms with Crippen LogP contribution in [0, 0.1) is 0 Å². The highest BCUT2D eigenvalue weighted by Crippen LogP contribution is 2.28. The highest BCUT2D eigenvalue weighted by molar-refractivity contribution is 5.60. The molecule has 1 N–H and O–H groups in total. The van der Waals surface area contributed by atoms with Crippen molar-refractivity contribution in [1.82, 2.24) is 0 Å². The van der Waals surface area contributed by atoms with E-state index in [1.54, 1.807) is 0 Å². The Kier molecular flexibility index (Phi) is 2.58. The lowest BCUT2D eigenvalue weighted by molar-refractivity contribution is -0.0267. The third kappa shape index (κ3) is 1.56. The van der Waals surface area contributed by atoms with Crippen molar-refractivity contribution in [3.8, 4) is 0 Å². The first-order valence-electron chi connectivity index (χ1n) is 4.38. The summed E-state index contributed by atoms with van der Waals surface area (Å²) in [6.07, 6.45) is -2.63. The van der Waals surface area contributed by atoms with Gasteiger partial charge in [0.05, 0.1) is 20.3 Å². The van der Waals surface area contributed by atoms with E-state index in [0.717, 1.165) is 0 Å². The second kappa shape index (κ2) is 3.72. The Morgan fingerprint density at radius 3 is 2.79 bits per heavy atom. The van der Waals surface area contributed by atoms with Crippen LogP contribution in [-0.4, -0.2) is 56.0 Å². The minimum atomic E-state index is -0.760. The quantitative estimate of drug-likeness (QED) is 0.569. The summed E-state index contributed by atoms with van der Waals surface area (Å²) in [6, 6.07) is 0. The van der Waals surface area contributed by atoms with Crippen molar-refractivity contribution in [3.05, 3.63) is 0 Å². The maximum atomic E-state index is 10.8. The van der Waals surface area contributed by atoms with Crippen molar-refractivity contribution in [3.63, 3.8) is 0 Å². The van der Waals surface area contributed by atoms with Gasteiger partial charge in [-0.25, -0.2) is 4.79 Å². The van der Waals surface area contributed by atoms with E-state index >= 15 is 0 Å². The van der Waals surface area contributed by atoms with Crippen LogP contribution in [0.1, 0.15) is 0 Å². The minimum absolute atomic E-state index is 0.219. The Bertz CT molecular complexity index is 230. The highest BCUT2D eigenvalue weighted by atomic mass is 16.7. The summed E-state index contributed by atoms with van der Waals surface area (Å²) in [6.45, 7) is 0.456. The van der Waals surface area contributed by atoms with Gasteiger partial charge in [-0.2, -0.15) is 0 Å². The number of aliphatic hydroxyl groups excluding tert-OH is 1. The predicted octanol–water partition coefficient (Wildman–Crippen LogP) is -0.704. The van der Waals surface area contributed by atoms with Crippen molar-refractivity contribution in [2.75, 3.05) is 20.3 Å². The molecular formula is C8H12O6. The predicted molar refractivity (Wildman–Crippen MR) is 42.8 cm³/mol. The number of carbonyl (C=O) groups is 1. The van der Waals surface area contributed by atoms with Crippen LogP contribution < -0.4 is 0 Å². The first kappa shape index (κ1) is 9.70. The van der Waals surface area contributed by atoms with Crippen LogP contribution >= 0.6 is 0 Å². The van der Waals surface area contributed by atoms with E-state index in [1.807, 2.05) is 0 Å². The van der Waals surface area contributed by atoms with E-state index in [-0.39, 0.29) is 25.4 Å². The average molecular weight is 204 g/mol. The summed E-state index contributed by atoms with van der Waals surface area (Å²) in [7, 11) is 1.24. The van der Waals surface area contributed by atoms with E-state index in [9.17, 15) is 9.90 Å². The molecule has 0 spiro atoms. The van der Waals surface area contributed by atoms with Crippen molar-refractivity contribution >= 4 is 6.16 Å². The number of aliphatic hydroxyl groups is 1. The molecule has 0 aliphatic carbocycles. The summed E-state index contributed by atoms with van der Waals surface area (Å²) >= 11 is 0. The second-order valence-corrected chi connectivity index (χ2v) is 3.27. The molecule has 0 aromatic rings. The van der Waals surface area contributed by atoms with Gasteiger partial charge < -0.3 is 24.1 Å². The molecular weight excluding hydrogens is 192 g/mol. The molecule has 0 aromatic carbocycles. The monoisotopic (exact) mass is 204 g/mol. The number of carbonyl (C=O) groups excluding carboxylic acids is 1. The van der Waals surface area contributed by atoms with Gasteiger partial charge >= 0.3 is 6.16 Å². The lowest BCUT2D eigenvalue weighted by atomic mass is 10.1. The molecule has 0 bridgehead atoms. The van der Waals surface area contributed by atoms with Gasteiger partial charge in [0.15, 0.2) is 6.10 Å². The molecule has 0 amide bonds. The fourth-order valence-electron chi connectivity index (χ4n) is 1.72. The summed E-state index contributed by atoms with van der Waals surface area (Å²) in [4.78, 5) is 10.8. The zero-order valence-electron chi connectivity index (χ0n) is 7.71. The van der Waals surface area contributed by atoms with Crippen LogP contribution in [-0.2, 0) is 18.9 Å². The molecule has 0 radical (unpaired) electrons. The van der Waals surface area contributed by atoms with Crippen LogP contribution in [0.3, 0.4) is 0 Å². The van der Waals surface area contributed by atoms with E-state index in [0.29, 0.717) is 0 Å². The van der Waals surface area contributed by atoms with Crippen molar-refractivity contribution in [1.29, 1.82) is 0 Å². The molecule has 80 valence electrons. The second-order valence-electron chi connectivity index (χ2n) is 3.27. The first-order chi connectivity index (χ1) is 6.72. The number of rotatable bonds is 1. The normalized spacial score (nSPS) is 40.7. The molecule has 2 saturated heterocycles. The molecule has 2 rings (SSSR count). The summed E-state index contributed by atoms with van der Waals surface area (Å²) < 4.78 is 19.7. The zero-order chi connectivity index (χ0) is 10.1. The van der Waals surface area contributed by atoms with Crippen LogP contribution in [0.15, 0.2) is 0 Å². The van der Waals surface area contributed by atoms with Gasteiger partial charge in [-0.1, -0.05) is 0 Å². The van der Waals surface area contributed by atoms with Crippen LogP contribution in [0.25, 0.3) is 0 Å². The van der Waals surface area contributed by atoms with E-state index < -0.39 is 18.4 Å². The van der Waals surface area contributed by atoms with Crippen molar-refractivity contribution in [2.24, 2.45) is 0 Å². The lowest BCUT2D eigenvalue weighted by Gasteiger charge is -2.15. The Labute approximate surface area is 80.7 Å². The number of hydrogen-bond acceptors (Lipinski definition) is 6. The fourth-order valence-corrected chi connectivity index (χ4v) is 1.72. The van der Waals surface area contributed by atoms with Gasteiger partial charge in [-0.05, 0) is 0 Å². The molecule has 6 heteroatoms. The van der Waals surface area contributed by atoms with Crippen LogP contribution in [0.5, 0.6) is 0 Å². The molecule has 14 heavy (non-hydrogen) atoms.